The molecule has 0 radical (unpaired) electrons. The molecule has 0 spiro atoms. The molecule has 0 saturated carbocycles. The van der Waals surface area contributed by atoms with Gasteiger partial charge in [-0.3, -0.25) is 14.7 Å². The fourth-order valence-electron chi connectivity index (χ4n) is 2.71. The number of benzene rings is 2. The van der Waals surface area contributed by atoms with Crippen molar-refractivity contribution >= 4 is 17.6 Å². The van der Waals surface area contributed by atoms with Gasteiger partial charge in [0, 0.05) is 17.2 Å². The molecule has 0 atom stereocenters. The van der Waals surface area contributed by atoms with E-state index in [0.717, 1.165) is 5.56 Å². The van der Waals surface area contributed by atoms with Gasteiger partial charge in [0.2, 0.25) is 5.91 Å². The summed E-state index contributed by atoms with van der Waals surface area (Å²) in [5.74, 6) is 0.997. The minimum absolute atomic E-state index is 0.178. The van der Waals surface area contributed by atoms with E-state index < -0.39 is 0 Å². The Labute approximate surface area is 168 Å². The lowest BCUT2D eigenvalue weighted by atomic mass is 10.1. The number of H-pyrrole nitrogens is 1. The normalized spacial score (nSPS) is 10.3. The monoisotopic (exact) mass is 394 g/mol. The SMILES string of the molecule is CCOc1ccc(C(=O)NCC(=O)Nc2cc(-c3ccccc3OC)[nH]n2)cc1. The second-order valence-electron chi connectivity index (χ2n) is 6.06. The van der Waals surface area contributed by atoms with Crippen LogP contribution in [0.3, 0.4) is 0 Å². The second kappa shape index (κ2) is 9.41. The van der Waals surface area contributed by atoms with Gasteiger partial charge in [0.15, 0.2) is 5.82 Å². The number of rotatable bonds is 8. The molecule has 2 amide bonds. The summed E-state index contributed by atoms with van der Waals surface area (Å²) >= 11 is 0. The summed E-state index contributed by atoms with van der Waals surface area (Å²) in [4.78, 5) is 24.3. The van der Waals surface area contributed by atoms with Gasteiger partial charge in [-0.1, -0.05) is 12.1 Å². The Balaban J connectivity index is 1.54. The summed E-state index contributed by atoms with van der Waals surface area (Å²) < 4.78 is 10.7. The lowest BCUT2D eigenvalue weighted by Gasteiger charge is -2.07. The van der Waals surface area contributed by atoms with Gasteiger partial charge < -0.3 is 20.1 Å². The molecule has 0 fully saturated rings. The average Bonchev–Trinajstić information content (AvgIpc) is 3.21. The van der Waals surface area contributed by atoms with Crippen LogP contribution in [0.1, 0.15) is 17.3 Å². The van der Waals surface area contributed by atoms with Gasteiger partial charge in [-0.15, -0.1) is 0 Å². The molecule has 0 saturated heterocycles. The Morgan fingerprint density at radius 3 is 2.59 bits per heavy atom. The first-order chi connectivity index (χ1) is 14.1. The number of para-hydroxylation sites is 1. The van der Waals surface area contributed by atoms with Crippen molar-refractivity contribution in [3.63, 3.8) is 0 Å². The molecule has 0 unspecified atom stereocenters. The van der Waals surface area contributed by atoms with Crippen LogP contribution in [0.5, 0.6) is 11.5 Å². The van der Waals surface area contributed by atoms with E-state index in [0.29, 0.717) is 35.2 Å². The predicted molar refractivity (Wildman–Crippen MR) is 109 cm³/mol. The van der Waals surface area contributed by atoms with Crippen molar-refractivity contribution < 1.29 is 19.1 Å². The number of methoxy groups -OCH3 is 1. The molecule has 3 N–H and O–H groups in total. The third-order valence-corrected chi connectivity index (χ3v) is 4.08. The first kappa shape index (κ1) is 19.9. The van der Waals surface area contributed by atoms with Crippen LogP contribution < -0.4 is 20.1 Å². The molecule has 0 aliphatic rings. The summed E-state index contributed by atoms with van der Waals surface area (Å²) in [6.45, 7) is 2.26. The summed E-state index contributed by atoms with van der Waals surface area (Å²) in [6.07, 6.45) is 0. The first-order valence-corrected chi connectivity index (χ1v) is 9.10. The molecule has 2 aromatic carbocycles. The maximum atomic E-state index is 12.2. The van der Waals surface area contributed by atoms with Crippen molar-refractivity contribution in [1.29, 1.82) is 0 Å². The van der Waals surface area contributed by atoms with E-state index in [4.69, 9.17) is 9.47 Å². The maximum absolute atomic E-state index is 12.2. The van der Waals surface area contributed by atoms with Gasteiger partial charge in [-0.25, -0.2) is 0 Å². The molecule has 150 valence electrons. The number of hydrogen-bond acceptors (Lipinski definition) is 5. The van der Waals surface area contributed by atoms with Crippen molar-refractivity contribution in [3.05, 3.63) is 60.2 Å². The van der Waals surface area contributed by atoms with E-state index in [1.54, 1.807) is 37.4 Å². The third kappa shape index (κ3) is 5.13. The molecule has 29 heavy (non-hydrogen) atoms. The van der Waals surface area contributed by atoms with Gasteiger partial charge in [-0.05, 0) is 43.3 Å². The molecule has 0 aliphatic heterocycles. The number of amides is 2. The Kier molecular flexibility index (Phi) is 6.47. The number of aromatic nitrogens is 2. The number of carbonyl (C=O) groups excluding carboxylic acids is 2. The fourth-order valence-corrected chi connectivity index (χ4v) is 2.71. The standard InChI is InChI=1S/C21H22N4O4/c1-3-29-15-10-8-14(9-11-15)21(27)22-13-20(26)23-19-12-17(24-25-19)16-6-4-5-7-18(16)28-2/h4-12H,3,13H2,1-2H3,(H,22,27)(H2,23,24,25,26). The highest BCUT2D eigenvalue weighted by Gasteiger charge is 2.12. The Morgan fingerprint density at radius 1 is 1.10 bits per heavy atom. The molecule has 0 aliphatic carbocycles. The van der Waals surface area contributed by atoms with E-state index in [1.807, 2.05) is 31.2 Å². The number of anilines is 1. The summed E-state index contributed by atoms with van der Waals surface area (Å²) in [5, 5.41) is 12.2. The number of ether oxygens (including phenoxy) is 2. The summed E-state index contributed by atoms with van der Waals surface area (Å²) in [6, 6.07) is 15.9. The van der Waals surface area contributed by atoms with Crippen LogP contribution in [0.2, 0.25) is 0 Å². The summed E-state index contributed by atoms with van der Waals surface area (Å²) in [7, 11) is 1.59. The fraction of sp³-hybridized carbons (Fsp3) is 0.190. The van der Waals surface area contributed by atoms with Crippen molar-refractivity contribution in [2.45, 2.75) is 6.92 Å². The average molecular weight is 394 g/mol. The molecule has 1 heterocycles. The molecular weight excluding hydrogens is 372 g/mol. The molecule has 1 aromatic heterocycles. The second-order valence-corrected chi connectivity index (χ2v) is 6.06. The Morgan fingerprint density at radius 2 is 1.86 bits per heavy atom. The lowest BCUT2D eigenvalue weighted by Crippen LogP contribution is -2.32. The number of nitrogens with one attached hydrogen (secondary N) is 3. The predicted octanol–water partition coefficient (Wildman–Crippen LogP) is 2.85. The number of nitrogens with zero attached hydrogens (tertiary/aromatic N) is 1. The summed E-state index contributed by atoms with van der Waals surface area (Å²) in [5.41, 5.74) is 1.97. The minimum Gasteiger partial charge on any atom is -0.496 e. The molecule has 3 aromatic rings. The van der Waals surface area contributed by atoms with Crippen molar-refractivity contribution in [3.8, 4) is 22.8 Å². The zero-order valence-corrected chi connectivity index (χ0v) is 16.2. The van der Waals surface area contributed by atoms with Gasteiger partial charge in [0.25, 0.3) is 5.91 Å². The van der Waals surface area contributed by atoms with Crippen LogP contribution in [-0.2, 0) is 4.79 Å². The zero-order chi connectivity index (χ0) is 20.6. The van der Waals surface area contributed by atoms with E-state index in [9.17, 15) is 9.59 Å². The highest BCUT2D eigenvalue weighted by molar-refractivity contribution is 5.99. The smallest absolute Gasteiger partial charge is 0.251 e. The topological polar surface area (TPSA) is 105 Å². The largest absolute Gasteiger partial charge is 0.496 e. The van der Waals surface area contributed by atoms with Gasteiger partial charge in [0.1, 0.15) is 11.5 Å². The molecule has 8 nitrogen and oxygen atoms in total. The highest BCUT2D eigenvalue weighted by atomic mass is 16.5. The highest BCUT2D eigenvalue weighted by Crippen LogP contribution is 2.29. The van der Waals surface area contributed by atoms with E-state index >= 15 is 0 Å². The van der Waals surface area contributed by atoms with Crippen LogP contribution >= 0.6 is 0 Å². The van der Waals surface area contributed by atoms with E-state index in [1.165, 1.54) is 0 Å². The lowest BCUT2D eigenvalue weighted by molar-refractivity contribution is -0.115. The van der Waals surface area contributed by atoms with Gasteiger partial charge >= 0.3 is 0 Å². The maximum Gasteiger partial charge on any atom is 0.251 e. The van der Waals surface area contributed by atoms with Crippen LogP contribution in [0.4, 0.5) is 5.82 Å². The minimum atomic E-state index is -0.387. The van der Waals surface area contributed by atoms with Crippen molar-refractivity contribution in [1.82, 2.24) is 15.5 Å². The van der Waals surface area contributed by atoms with Crippen LogP contribution in [0.15, 0.2) is 54.6 Å². The van der Waals surface area contributed by atoms with E-state index in [-0.39, 0.29) is 18.4 Å². The Bertz CT molecular complexity index is 982. The molecule has 0 bridgehead atoms. The van der Waals surface area contributed by atoms with Crippen LogP contribution in [0.25, 0.3) is 11.3 Å². The van der Waals surface area contributed by atoms with Crippen LogP contribution in [-0.4, -0.2) is 42.3 Å². The zero-order valence-electron chi connectivity index (χ0n) is 16.2. The number of carbonyl (C=O) groups is 2. The first-order valence-electron chi connectivity index (χ1n) is 9.10. The van der Waals surface area contributed by atoms with Gasteiger partial charge in [0.05, 0.1) is 26.0 Å². The number of aromatic amines is 1. The quantitative estimate of drug-likeness (QED) is 0.545. The van der Waals surface area contributed by atoms with E-state index in [2.05, 4.69) is 20.8 Å². The van der Waals surface area contributed by atoms with Crippen LogP contribution in [0, 0.1) is 0 Å². The number of hydrogen-bond donors (Lipinski definition) is 3. The molecular formula is C21H22N4O4. The van der Waals surface area contributed by atoms with Crippen molar-refractivity contribution in [2.24, 2.45) is 0 Å². The molecule has 3 rings (SSSR count). The molecule has 8 heteroatoms. The third-order valence-electron chi connectivity index (χ3n) is 4.08. The Hall–Kier alpha value is -3.81. The van der Waals surface area contributed by atoms with Gasteiger partial charge in [-0.2, -0.15) is 5.10 Å². The van der Waals surface area contributed by atoms with Crippen molar-refractivity contribution in [2.75, 3.05) is 25.6 Å².